The minimum atomic E-state index is -0.709. The summed E-state index contributed by atoms with van der Waals surface area (Å²) in [6, 6.07) is 7.34. The lowest BCUT2D eigenvalue weighted by Crippen LogP contribution is -2.42. The van der Waals surface area contributed by atoms with Crippen LogP contribution in [0.4, 0.5) is 0 Å². The highest BCUT2D eigenvalue weighted by Gasteiger charge is 2.45. The van der Waals surface area contributed by atoms with Gasteiger partial charge in [-0.2, -0.15) is 0 Å². The number of aliphatic carboxylic acids is 1. The number of carboxylic acid groups (broad SMARTS) is 1. The number of carbonyl (C=O) groups is 1. The molecule has 0 radical (unpaired) electrons. The van der Waals surface area contributed by atoms with Gasteiger partial charge in [-0.3, -0.25) is 4.79 Å². The molecule has 1 aromatic rings. The van der Waals surface area contributed by atoms with Gasteiger partial charge in [-0.1, -0.05) is 18.6 Å². The third kappa shape index (κ3) is 1.48. The van der Waals surface area contributed by atoms with Gasteiger partial charge in [0.05, 0.1) is 12.5 Å². The van der Waals surface area contributed by atoms with Crippen molar-refractivity contribution >= 4 is 5.97 Å². The highest BCUT2D eigenvalue weighted by molar-refractivity contribution is 5.82. The predicted molar refractivity (Wildman–Crippen MR) is 56.2 cm³/mol. The van der Waals surface area contributed by atoms with Crippen molar-refractivity contribution in [2.24, 2.45) is 0 Å². The molecular weight excluding hydrogens is 192 g/mol. The summed E-state index contributed by atoms with van der Waals surface area (Å²) in [5.74, 6) is 0.0533. The summed E-state index contributed by atoms with van der Waals surface area (Å²) < 4.78 is 5.05. The van der Waals surface area contributed by atoms with Gasteiger partial charge in [0.2, 0.25) is 0 Å². The van der Waals surface area contributed by atoms with Gasteiger partial charge in [0.15, 0.2) is 0 Å². The normalized spacial score (nSPS) is 17.9. The van der Waals surface area contributed by atoms with Crippen LogP contribution in [0.3, 0.4) is 0 Å². The quantitative estimate of drug-likeness (QED) is 0.824. The second-order valence-corrected chi connectivity index (χ2v) is 3.97. The SMILES string of the molecule is COc1ccc(C2(C(=O)O)CCC2)cc1. The summed E-state index contributed by atoms with van der Waals surface area (Å²) in [5, 5.41) is 9.23. The topological polar surface area (TPSA) is 46.5 Å². The van der Waals surface area contributed by atoms with Crippen LogP contribution in [0.2, 0.25) is 0 Å². The molecule has 0 spiro atoms. The Kier molecular flexibility index (Phi) is 2.39. The van der Waals surface area contributed by atoms with Crippen LogP contribution in [-0.2, 0) is 10.2 Å². The molecule has 1 aliphatic carbocycles. The van der Waals surface area contributed by atoms with Crippen LogP contribution < -0.4 is 4.74 Å². The first kappa shape index (κ1) is 10.0. The zero-order chi connectivity index (χ0) is 10.9. The van der Waals surface area contributed by atoms with Crippen molar-refractivity contribution in [3.8, 4) is 5.75 Å². The van der Waals surface area contributed by atoms with Gasteiger partial charge < -0.3 is 9.84 Å². The molecule has 15 heavy (non-hydrogen) atoms. The summed E-state index contributed by atoms with van der Waals surface area (Å²) in [5.41, 5.74) is 0.258. The summed E-state index contributed by atoms with van der Waals surface area (Å²) in [4.78, 5) is 11.2. The average molecular weight is 206 g/mol. The highest BCUT2D eigenvalue weighted by Crippen LogP contribution is 2.44. The number of methoxy groups -OCH3 is 1. The number of hydrogen-bond acceptors (Lipinski definition) is 2. The van der Waals surface area contributed by atoms with E-state index in [2.05, 4.69) is 0 Å². The van der Waals surface area contributed by atoms with Crippen molar-refractivity contribution < 1.29 is 14.6 Å². The fourth-order valence-electron chi connectivity index (χ4n) is 2.07. The van der Waals surface area contributed by atoms with E-state index in [4.69, 9.17) is 4.74 Å². The Morgan fingerprint density at radius 3 is 2.27 bits per heavy atom. The average Bonchev–Trinajstić information content (AvgIpc) is 2.16. The van der Waals surface area contributed by atoms with Crippen molar-refractivity contribution in [2.75, 3.05) is 7.11 Å². The van der Waals surface area contributed by atoms with E-state index in [1.165, 1.54) is 0 Å². The maximum absolute atomic E-state index is 11.2. The van der Waals surface area contributed by atoms with Crippen LogP contribution in [0.5, 0.6) is 5.75 Å². The van der Waals surface area contributed by atoms with Gasteiger partial charge in [0, 0.05) is 0 Å². The number of ether oxygens (including phenoxy) is 1. The number of benzene rings is 1. The van der Waals surface area contributed by atoms with Crippen molar-refractivity contribution in [3.63, 3.8) is 0 Å². The third-order valence-electron chi connectivity index (χ3n) is 3.26. The molecule has 0 amide bonds. The number of hydrogen-bond donors (Lipinski definition) is 1. The van der Waals surface area contributed by atoms with Gasteiger partial charge in [-0.25, -0.2) is 0 Å². The van der Waals surface area contributed by atoms with Crippen LogP contribution in [0.15, 0.2) is 24.3 Å². The Labute approximate surface area is 88.7 Å². The monoisotopic (exact) mass is 206 g/mol. The van der Waals surface area contributed by atoms with Crippen molar-refractivity contribution in [2.45, 2.75) is 24.7 Å². The maximum atomic E-state index is 11.2. The first-order valence-electron chi connectivity index (χ1n) is 5.07. The molecule has 1 fully saturated rings. The Balaban J connectivity index is 2.31. The molecular formula is C12H14O3. The molecule has 0 unspecified atom stereocenters. The van der Waals surface area contributed by atoms with Crippen LogP contribution in [0.25, 0.3) is 0 Å². The van der Waals surface area contributed by atoms with Gasteiger partial charge in [0.1, 0.15) is 5.75 Å². The summed E-state index contributed by atoms with van der Waals surface area (Å²) >= 11 is 0. The Bertz CT molecular complexity index is 363. The number of carboxylic acids is 1. The van der Waals surface area contributed by atoms with Crippen LogP contribution in [0.1, 0.15) is 24.8 Å². The molecule has 1 N–H and O–H groups in total. The van der Waals surface area contributed by atoms with Crippen molar-refractivity contribution in [1.82, 2.24) is 0 Å². The van der Waals surface area contributed by atoms with E-state index in [1.54, 1.807) is 7.11 Å². The van der Waals surface area contributed by atoms with Crippen molar-refractivity contribution in [1.29, 1.82) is 0 Å². The molecule has 0 bridgehead atoms. The predicted octanol–water partition coefficient (Wildman–Crippen LogP) is 2.20. The summed E-state index contributed by atoms with van der Waals surface area (Å²) in [7, 11) is 1.60. The first-order valence-corrected chi connectivity index (χ1v) is 5.07. The maximum Gasteiger partial charge on any atom is 0.314 e. The second kappa shape index (κ2) is 3.57. The summed E-state index contributed by atoms with van der Waals surface area (Å²) in [6.45, 7) is 0. The molecule has 1 aliphatic rings. The molecule has 80 valence electrons. The smallest absolute Gasteiger partial charge is 0.314 e. The van der Waals surface area contributed by atoms with Crippen LogP contribution in [0, 0.1) is 0 Å². The zero-order valence-corrected chi connectivity index (χ0v) is 8.69. The van der Waals surface area contributed by atoms with Crippen molar-refractivity contribution in [3.05, 3.63) is 29.8 Å². The van der Waals surface area contributed by atoms with E-state index in [1.807, 2.05) is 24.3 Å². The largest absolute Gasteiger partial charge is 0.497 e. The molecule has 3 heteroatoms. The standard InChI is InChI=1S/C12H14O3/c1-15-10-5-3-9(4-6-10)12(11(13)14)7-2-8-12/h3-6H,2,7-8H2,1H3,(H,13,14). The molecule has 0 aliphatic heterocycles. The summed E-state index contributed by atoms with van der Waals surface area (Å²) in [6.07, 6.45) is 2.49. The molecule has 0 aromatic heterocycles. The van der Waals surface area contributed by atoms with E-state index in [0.717, 1.165) is 30.6 Å². The fraction of sp³-hybridized carbons (Fsp3) is 0.417. The molecule has 1 saturated carbocycles. The lowest BCUT2D eigenvalue weighted by atomic mass is 9.64. The van der Waals surface area contributed by atoms with Gasteiger partial charge in [-0.05, 0) is 30.5 Å². The molecule has 0 atom stereocenters. The Morgan fingerprint density at radius 1 is 1.33 bits per heavy atom. The molecule has 2 rings (SSSR count). The van der Waals surface area contributed by atoms with E-state index in [0.29, 0.717) is 0 Å². The minimum Gasteiger partial charge on any atom is -0.497 e. The fourth-order valence-corrected chi connectivity index (χ4v) is 2.07. The van der Waals surface area contributed by atoms with E-state index in [-0.39, 0.29) is 0 Å². The number of rotatable bonds is 3. The molecule has 3 nitrogen and oxygen atoms in total. The van der Waals surface area contributed by atoms with E-state index < -0.39 is 11.4 Å². The zero-order valence-electron chi connectivity index (χ0n) is 8.69. The van der Waals surface area contributed by atoms with Crippen LogP contribution >= 0.6 is 0 Å². The van der Waals surface area contributed by atoms with Gasteiger partial charge in [0.25, 0.3) is 0 Å². The van der Waals surface area contributed by atoms with Gasteiger partial charge >= 0.3 is 5.97 Å². The molecule has 1 aromatic carbocycles. The minimum absolute atomic E-state index is 0.633. The van der Waals surface area contributed by atoms with Gasteiger partial charge in [-0.15, -0.1) is 0 Å². The molecule has 0 saturated heterocycles. The van der Waals surface area contributed by atoms with E-state index in [9.17, 15) is 9.90 Å². The van der Waals surface area contributed by atoms with E-state index >= 15 is 0 Å². The Hall–Kier alpha value is -1.51. The van der Waals surface area contributed by atoms with Crippen LogP contribution in [-0.4, -0.2) is 18.2 Å². The third-order valence-corrected chi connectivity index (χ3v) is 3.26. The lowest BCUT2D eigenvalue weighted by Gasteiger charge is -2.38. The Morgan fingerprint density at radius 2 is 1.93 bits per heavy atom. The molecule has 0 heterocycles. The first-order chi connectivity index (χ1) is 7.19. The highest BCUT2D eigenvalue weighted by atomic mass is 16.5. The lowest BCUT2D eigenvalue weighted by molar-refractivity contribution is -0.147. The second-order valence-electron chi connectivity index (χ2n) is 3.97.